The third-order valence-corrected chi connectivity index (χ3v) is 5.79. The second-order valence-electron chi connectivity index (χ2n) is 7.40. The fourth-order valence-corrected chi connectivity index (χ4v) is 3.71. The molecule has 2 aliphatic rings. The zero-order valence-electron chi connectivity index (χ0n) is 12.4. The van der Waals surface area contributed by atoms with E-state index in [9.17, 15) is 0 Å². The van der Waals surface area contributed by atoms with Gasteiger partial charge in [0, 0.05) is 0 Å². The van der Waals surface area contributed by atoms with Crippen molar-refractivity contribution in [2.24, 2.45) is 35.5 Å². The topological polar surface area (TPSA) is 0 Å². The smallest absolute Gasteiger partial charge is 0.0352 e. The lowest BCUT2D eigenvalue weighted by molar-refractivity contribution is 0.187. The molecule has 0 bridgehead atoms. The Morgan fingerprint density at radius 1 is 0.882 bits per heavy atom. The normalized spacial score (nSPS) is 34.1. The molecule has 2 aliphatic carbocycles. The van der Waals surface area contributed by atoms with Gasteiger partial charge in [-0.1, -0.05) is 59.8 Å². The summed E-state index contributed by atoms with van der Waals surface area (Å²) in [5.74, 6) is 6.33. The van der Waals surface area contributed by atoms with E-state index in [0.29, 0.717) is 0 Å². The van der Waals surface area contributed by atoms with Gasteiger partial charge in [0.15, 0.2) is 0 Å². The lowest BCUT2D eigenvalue weighted by Gasteiger charge is -2.31. The summed E-state index contributed by atoms with van der Waals surface area (Å²) in [5.41, 5.74) is 0. The first-order valence-corrected chi connectivity index (χ1v) is 8.09. The number of hydrogen-bond donors (Lipinski definition) is 0. The summed E-state index contributed by atoms with van der Waals surface area (Å²) in [4.78, 5) is 0. The summed E-state index contributed by atoms with van der Waals surface area (Å²) in [6, 6.07) is 0. The van der Waals surface area contributed by atoms with Crippen molar-refractivity contribution in [3.05, 3.63) is 0 Å². The van der Waals surface area contributed by atoms with Gasteiger partial charge in [-0.25, -0.2) is 0 Å². The standard InChI is InChI=1S/C17H32/c1-12(2)13(3)8-6-5-7-9-14(4)16-10-15-11-17(15)16/h12-17H,5-11H2,1-4H3. The minimum atomic E-state index is 0.871. The van der Waals surface area contributed by atoms with E-state index in [-0.39, 0.29) is 0 Å². The Balaban J connectivity index is 1.45. The SMILES string of the molecule is CC(C)C(C)CCCCCC(C)C1CC2CC21. The Labute approximate surface area is 109 Å². The molecule has 0 radical (unpaired) electrons. The molecule has 0 amide bonds. The van der Waals surface area contributed by atoms with E-state index in [1.165, 1.54) is 43.9 Å². The first kappa shape index (κ1) is 13.4. The van der Waals surface area contributed by atoms with Gasteiger partial charge in [0.05, 0.1) is 0 Å². The van der Waals surface area contributed by atoms with Crippen LogP contribution in [0.1, 0.15) is 72.6 Å². The highest BCUT2D eigenvalue weighted by molar-refractivity contribution is 5.03. The average molecular weight is 236 g/mol. The summed E-state index contributed by atoms with van der Waals surface area (Å²) < 4.78 is 0. The molecular weight excluding hydrogens is 204 g/mol. The summed E-state index contributed by atoms with van der Waals surface area (Å²) in [6.07, 6.45) is 10.5. The van der Waals surface area contributed by atoms with Crippen molar-refractivity contribution < 1.29 is 0 Å². The maximum Gasteiger partial charge on any atom is -0.0352 e. The van der Waals surface area contributed by atoms with Gasteiger partial charge in [-0.15, -0.1) is 0 Å². The first-order valence-electron chi connectivity index (χ1n) is 8.09. The van der Waals surface area contributed by atoms with Gasteiger partial charge in [-0.3, -0.25) is 0 Å². The van der Waals surface area contributed by atoms with Gasteiger partial charge in [-0.2, -0.15) is 0 Å². The summed E-state index contributed by atoms with van der Waals surface area (Å²) in [6.45, 7) is 9.63. The highest BCUT2D eigenvalue weighted by atomic mass is 14.6. The van der Waals surface area contributed by atoms with Crippen LogP contribution in [0.5, 0.6) is 0 Å². The molecular formula is C17H32. The van der Waals surface area contributed by atoms with Crippen LogP contribution in [0.4, 0.5) is 0 Å². The van der Waals surface area contributed by atoms with E-state index in [4.69, 9.17) is 0 Å². The van der Waals surface area contributed by atoms with Crippen LogP contribution in [-0.2, 0) is 0 Å². The molecule has 5 atom stereocenters. The maximum atomic E-state index is 2.51. The maximum absolute atomic E-state index is 2.51. The molecule has 0 heterocycles. The van der Waals surface area contributed by atoms with E-state index in [1.54, 1.807) is 12.8 Å². The van der Waals surface area contributed by atoms with Crippen LogP contribution >= 0.6 is 0 Å². The molecule has 2 saturated carbocycles. The summed E-state index contributed by atoms with van der Waals surface area (Å²) in [5, 5.41) is 0. The monoisotopic (exact) mass is 236 g/mol. The highest BCUT2D eigenvalue weighted by Gasteiger charge is 2.54. The van der Waals surface area contributed by atoms with Crippen LogP contribution in [0.25, 0.3) is 0 Å². The Kier molecular flexibility index (Phi) is 4.55. The van der Waals surface area contributed by atoms with E-state index < -0.39 is 0 Å². The third kappa shape index (κ3) is 3.48. The minimum absolute atomic E-state index is 0.871. The minimum Gasteiger partial charge on any atom is -0.0625 e. The van der Waals surface area contributed by atoms with Crippen LogP contribution in [0, 0.1) is 35.5 Å². The van der Waals surface area contributed by atoms with Crippen LogP contribution in [0.3, 0.4) is 0 Å². The van der Waals surface area contributed by atoms with Crippen LogP contribution < -0.4 is 0 Å². The molecule has 0 heteroatoms. The first-order chi connectivity index (χ1) is 8.09. The van der Waals surface area contributed by atoms with Gasteiger partial charge >= 0.3 is 0 Å². The fourth-order valence-electron chi connectivity index (χ4n) is 3.71. The zero-order valence-corrected chi connectivity index (χ0v) is 12.4. The van der Waals surface area contributed by atoms with Gasteiger partial charge in [0.1, 0.15) is 0 Å². The quantitative estimate of drug-likeness (QED) is 0.487. The van der Waals surface area contributed by atoms with Crippen LogP contribution in [0.15, 0.2) is 0 Å². The van der Waals surface area contributed by atoms with Crippen LogP contribution in [-0.4, -0.2) is 0 Å². The van der Waals surface area contributed by atoms with E-state index >= 15 is 0 Å². The predicted octanol–water partition coefficient (Wildman–Crippen LogP) is 5.52. The molecule has 0 aromatic heterocycles. The average Bonchev–Trinajstić information content (AvgIpc) is 2.88. The molecule has 2 fully saturated rings. The lowest BCUT2D eigenvalue weighted by atomic mass is 9.75. The highest BCUT2D eigenvalue weighted by Crippen LogP contribution is 2.62. The predicted molar refractivity (Wildman–Crippen MR) is 76.0 cm³/mol. The van der Waals surface area contributed by atoms with Crippen molar-refractivity contribution in [2.75, 3.05) is 0 Å². The van der Waals surface area contributed by atoms with E-state index in [0.717, 1.165) is 23.7 Å². The molecule has 5 unspecified atom stereocenters. The van der Waals surface area contributed by atoms with Gasteiger partial charge in [0.25, 0.3) is 0 Å². The van der Waals surface area contributed by atoms with E-state index in [1.807, 2.05) is 0 Å². The Morgan fingerprint density at radius 2 is 1.59 bits per heavy atom. The second kappa shape index (κ2) is 5.76. The molecule has 0 aromatic rings. The molecule has 0 aromatic carbocycles. The van der Waals surface area contributed by atoms with Crippen molar-refractivity contribution in [2.45, 2.75) is 72.6 Å². The number of fused-ring (bicyclic) bond motifs is 1. The Morgan fingerprint density at radius 3 is 2.12 bits per heavy atom. The molecule has 0 N–H and O–H groups in total. The van der Waals surface area contributed by atoms with Crippen molar-refractivity contribution >= 4 is 0 Å². The Hall–Kier alpha value is 0. The molecule has 17 heavy (non-hydrogen) atoms. The van der Waals surface area contributed by atoms with Crippen molar-refractivity contribution in [3.8, 4) is 0 Å². The molecule has 100 valence electrons. The fraction of sp³-hybridized carbons (Fsp3) is 1.00. The van der Waals surface area contributed by atoms with Crippen molar-refractivity contribution in [1.82, 2.24) is 0 Å². The Bertz CT molecular complexity index is 230. The third-order valence-electron chi connectivity index (χ3n) is 5.79. The van der Waals surface area contributed by atoms with Crippen molar-refractivity contribution in [3.63, 3.8) is 0 Å². The number of hydrogen-bond acceptors (Lipinski definition) is 0. The largest absolute Gasteiger partial charge is 0.0625 e. The lowest BCUT2D eigenvalue weighted by Crippen LogP contribution is -2.23. The number of unbranched alkanes of at least 4 members (excludes halogenated alkanes) is 2. The van der Waals surface area contributed by atoms with E-state index in [2.05, 4.69) is 27.7 Å². The van der Waals surface area contributed by atoms with Crippen molar-refractivity contribution in [1.29, 1.82) is 0 Å². The molecule has 0 saturated heterocycles. The van der Waals surface area contributed by atoms with Gasteiger partial charge in [0.2, 0.25) is 0 Å². The molecule has 2 rings (SSSR count). The molecule has 0 aliphatic heterocycles. The molecule has 0 spiro atoms. The number of rotatable bonds is 8. The summed E-state index contributed by atoms with van der Waals surface area (Å²) >= 11 is 0. The molecule has 0 nitrogen and oxygen atoms in total. The van der Waals surface area contributed by atoms with Gasteiger partial charge in [-0.05, 0) is 48.3 Å². The zero-order chi connectivity index (χ0) is 12.4. The summed E-state index contributed by atoms with van der Waals surface area (Å²) in [7, 11) is 0. The second-order valence-corrected chi connectivity index (χ2v) is 7.40. The van der Waals surface area contributed by atoms with Gasteiger partial charge < -0.3 is 0 Å². The van der Waals surface area contributed by atoms with Crippen LogP contribution in [0.2, 0.25) is 0 Å².